The molecule has 1 amide bonds. The Hall–Kier alpha value is -1.91. The molecule has 26 heavy (non-hydrogen) atoms. The summed E-state index contributed by atoms with van der Waals surface area (Å²) in [5.41, 5.74) is 0.0318. The number of aryl methyl sites for hydroxylation is 1. The van der Waals surface area contributed by atoms with Gasteiger partial charge in [-0.25, -0.2) is 12.8 Å². The molecule has 7 nitrogen and oxygen atoms in total. The summed E-state index contributed by atoms with van der Waals surface area (Å²) in [7, 11) is -4.01. The highest BCUT2D eigenvalue weighted by Gasteiger charge is 2.26. The van der Waals surface area contributed by atoms with Crippen molar-refractivity contribution in [1.29, 1.82) is 0 Å². The summed E-state index contributed by atoms with van der Waals surface area (Å²) < 4.78 is 40.4. The molecule has 0 radical (unpaired) electrons. The van der Waals surface area contributed by atoms with Gasteiger partial charge < -0.3 is 0 Å². The molecule has 0 bridgehead atoms. The van der Waals surface area contributed by atoms with E-state index in [1.807, 2.05) is 6.92 Å². The van der Waals surface area contributed by atoms with Gasteiger partial charge in [0.05, 0.1) is 0 Å². The quantitative estimate of drug-likeness (QED) is 0.735. The highest BCUT2D eigenvalue weighted by atomic mass is 32.2. The maximum Gasteiger partial charge on any atom is 0.257 e. The molecule has 0 aliphatic rings. The number of carbonyl (C=O) groups is 1. The summed E-state index contributed by atoms with van der Waals surface area (Å²) in [5, 5.41) is 11.5. The molecule has 2 rings (SSSR count). The molecule has 142 valence electrons. The standard InChI is InChI=1S/C16H21FN4O3S2/c1-4-7-14-19-20-16(25-14)18-15(22)11-8-9-12(17)13(10-11)26(23,24)21(5-2)6-3/h8-10H,4-7H2,1-3H3,(H,18,20,22). The summed E-state index contributed by atoms with van der Waals surface area (Å²) >= 11 is 1.25. The van der Waals surface area contributed by atoms with Crippen LogP contribution >= 0.6 is 11.3 Å². The Morgan fingerprint density at radius 3 is 2.54 bits per heavy atom. The van der Waals surface area contributed by atoms with Crippen LogP contribution in [-0.4, -0.2) is 41.9 Å². The number of nitrogens with zero attached hydrogens (tertiary/aromatic N) is 3. The number of halogens is 1. The van der Waals surface area contributed by atoms with E-state index in [2.05, 4.69) is 15.5 Å². The largest absolute Gasteiger partial charge is 0.296 e. The second kappa shape index (κ2) is 8.65. The molecule has 0 fully saturated rings. The van der Waals surface area contributed by atoms with Crippen molar-refractivity contribution < 1.29 is 17.6 Å². The van der Waals surface area contributed by atoms with E-state index in [-0.39, 0.29) is 18.7 Å². The van der Waals surface area contributed by atoms with E-state index < -0.39 is 26.6 Å². The van der Waals surface area contributed by atoms with E-state index in [9.17, 15) is 17.6 Å². The second-order valence-corrected chi connectivity index (χ2v) is 8.41. The number of carbonyl (C=O) groups excluding carboxylic acids is 1. The zero-order chi connectivity index (χ0) is 19.3. The van der Waals surface area contributed by atoms with Crippen molar-refractivity contribution in [3.05, 3.63) is 34.6 Å². The number of anilines is 1. The lowest BCUT2D eigenvalue weighted by atomic mass is 10.2. The van der Waals surface area contributed by atoms with E-state index >= 15 is 0 Å². The molecule has 0 unspecified atom stereocenters. The molecule has 10 heteroatoms. The van der Waals surface area contributed by atoms with Crippen LogP contribution in [0.15, 0.2) is 23.1 Å². The first-order valence-corrected chi connectivity index (χ1v) is 10.5. The summed E-state index contributed by atoms with van der Waals surface area (Å²) in [6.45, 7) is 5.76. The van der Waals surface area contributed by atoms with Gasteiger partial charge in [0.2, 0.25) is 15.2 Å². The molecule has 0 spiro atoms. The number of nitrogens with one attached hydrogen (secondary N) is 1. The van der Waals surface area contributed by atoms with Crippen LogP contribution in [0, 0.1) is 5.82 Å². The monoisotopic (exact) mass is 400 g/mol. The van der Waals surface area contributed by atoms with Crippen molar-refractivity contribution in [2.45, 2.75) is 38.5 Å². The zero-order valence-corrected chi connectivity index (χ0v) is 16.5. The Balaban J connectivity index is 2.29. The van der Waals surface area contributed by atoms with Crippen molar-refractivity contribution in [3.8, 4) is 0 Å². The van der Waals surface area contributed by atoms with Gasteiger partial charge in [-0.15, -0.1) is 10.2 Å². The third-order valence-corrected chi connectivity index (χ3v) is 6.63. The van der Waals surface area contributed by atoms with E-state index in [4.69, 9.17) is 0 Å². The summed E-state index contributed by atoms with van der Waals surface area (Å²) in [6.07, 6.45) is 1.67. The number of rotatable bonds is 8. The first kappa shape index (κ1) is 20.4. The molecular weight excluding hydrogens is 379 g/mol. The van der Waals surface area contributed by atoms with Crippen LogP contribution < -0.4 is 5.32 Å². The van der Waals surface area contributed by atoms with Crippen LogP contribution in [-0.2, 0) is 16.4 Å². The maximum absolute atomic E-state index is 14.1. The fraction of sp³-hybridized carbons (Fsp3) is 0.438. The second-order valence-electron chi connectivity index (χ2n) is 5.44. The van der Waals surface area contributed by atoms with Crippen LogP contribution in [0.2, 0.25) is 0 Å². The van der Waals surface area contributed by atoms with Gasteiger partial charge in [0.15, 0.2) is 0 Å². The molecule has 0 aliphatic heterocycles. The summed E-state index contributed by atoms with van der Waals surface area (Å²) in [5.74, 6) is -1.46. The molecule has 0 saturated heterocycles. The average molecular weight is 401 g/mol. The maximum atomic E-state index is 14.1. The van der Waals surface area contributed by atoms with Gasteiger partial charge in [-0.2, -0.15) is 4.31 Å². The molecular formula is C16H21FN4O3S2. The van der Waals surface area contributed by atoms with E-state index in [1.165, 1.54) is 17.4 Å². The molecule has 1 aromatic heterocycles. The molecule has 0 aliphatic carbocycles. The smallest absolute Gasteiger partial charge is 0.257 e. The molecule has 0 atom stereocenters. The Bertz CT molecular complexity index is 879. The molecule has 1 N–H and O–H groups in total. The fourth-order valence-corrected chi connectivity index (χ4v) is 4.72. The third-order valence-electron chi connectivity index (χ3n) is 3.67. The van der Waals surface area contributed by atoms with Crippen molar-refractivity contribution in [1.82, 2.24) is 14.5 Å². The number of sulfonamides is 1. The van der Waals surface area contributed by atoms with Gasteiger partial charge in [-0.1, -0.05) is 32.1 Å². The Morgan fingerprint density at radius 2 is 1.92 bits per heavy atom. The number of amides is 1. The molecule has 2 aromatic rings. The highest BCUT2D eigenvalue weighted by molar-refractivity contribution is 7.89. The van der Waals surface area contributed by atoms with Crippen molar-refractivity contribution in [3.63, 3.8) is 0 Å². The van der Waals surface area contributed by atoms with Crippen LogP contribution in [0.25, 0.3) is 0 Å². The molecule has 1 heterocycles. The average Bonchev–Trinajstić information content (AvgIpc) is 3.03. The van der Waals surface area contributed by atoms with E-state index in [1.54, 1.807) is 13.8 Å². The first-order valence-electron chi connectivity index (χ1n) is 8.26. The predicted molar refractivity (Wildman–Crippen MR) is 98.4 cm³/mol. The minimum absolute atomic E-state index is 0.0318. The van der Waals surface area contributed by atoms with Crippen LogP contribution in [0.1, 0.15) is 42.6 Å². The van der Waals surface area contributed by atoms with Gasteiger partial charge in [-0.3, -0.25) is 10.1 Å². The van der Waals surface area contributed by atoms with Gasteiger partial charge in [-0.05, 0) is 24.6 Å². The number of benzene rings is 1. The Kier molecular flexibility index (Phi) is 6.79. The first-order chi connectivity index (χ1) is 12.3. The minimum Gasteiger partial charge on any atom is -0.296 e. The number of aromatic nitrogens is 2. The molecule has 1 aromatic carbocycles. The lowest BCUT2D eigenvalue weighted by Crippen LogP contribution is -2.31. The zero-order valence-electron chi connectivity index (χ0n) is 14.8. The van der Waals surface area contributed by atoms with E-state index in [0.29, 0.717) is 5.13 Å². The van der Waals surface area contributed by atoms with E-state index in [0.717, 1.165) is 34.3 Å². The highest BCUT2D eigenvalue weighted by Crippen LogP contribution is 2.22. The number of hydrogen-bond acceptors (Lipinski definition) is 6. The van der Waals surface area contributed by atoms with Crippen molar-refractivity contribution >= 4 is 32.4 Å². The topological polar surface area (TPSA) is 92.3 Å². The minimum atomic E-state index is -4.01. The van der Waals surface area contributed by atoms with Crippen molar-refractivity contribution in [2.24, 2.45) is 0 Å². The van der Waals surface area contributed by atoms with Crippen LogP contribution in [0.4, 0.5) is 9.52 Å². The van der Waals surface area contributed by atoms with Gasteiger partial charge in [0, 0.05) is 25.1 Å². The molecule has 0 saturated carbocycles. The van der Waals surface area contributed by atoms with Gasteiger partial charge in [0.1, 0.15) is 15.7 Å². The summed E-state index contributed by atoms with van der Waals surface area (Å²) in [4.78, 5) is 11.9. The third kappa shape index (κ3) is 4.43. The SMILES string of the molecule is CCCc1nnc(NC(=O)c2ccc(F)c(S(=O)(=O)N(CC)CC)c2)s1. The lowest BCUT2D eigenvalue weighted by Gasteiger charge is -2.19. The van der Waals surface area contributed by atoms with Crippen molar-refractivity contribution in [2.75, 3.05) is 18.4 Å². The Morgan fingerprint density at radius 1 is 1.23 bits per heavy atom. The predicted octanol–water partition coefficient (Wildman–Crippen LogP) is 2.91. The van der Waals surface area contributed by atoms with Crippen LogP contribution in [0.3, 0.4) is 0 Å². The van der Waals surface area contributed by atoms with Gasteiger partial charge >= 0.3 is 0 Å². The normalized spacial score (nSPS) is 11.7. The van der Waals surface area contributed by atoms with Gasteiger partial charge in [0.25, 0.3) is 5.91 Å². The summed E-state index contributed by atoms with van der Waals surface area (Å²) in [6, 6.07) is 3.26. The number of hydrogen-bond donors (Lipinski definition) is 1. The lowest BCUT2D eigenvalue weighted by molar-refractivity contribution is 0.102. The van der Waals surface area contributed by atoms with Crippen LogP contribution in [0.5, 0.6) is 0 Å². The Labute approximate surface area is 156 Å². The fourth-order valence-electron chi connectivity index (χ4n) is 2.33.